The average Bonchev–Trinajstić information content (AvgIpc) is 2.67. The Morgan fingerprint density at radius 1 is 1.57 bits per heavy atom. The minimum atomic E-state index is -0.346. The van der Waals surface area contributed by atoms with E-state index in [1.807, 2.05) is 0 Å². The van der Waals surface area contributed by atoms with Crippen LogP contribution < -0.4 is 11.1 Å². The fourth-order valence-corrected chi connectivity index (χ4v) is 2.55. The minimum absolute atomic E-state index is 0.346. The van der Waals surface area contributed by atoms with E-state index in [1.54, 1.807) is 5.51 Å². The molecule has 1 aliphatic heterocycles. The first-order chi connectivity index (χ1) is 6.79. The van der Waals surface area contributed by atoms with E-state index in [4.69, 9.17) is 5.73 Å². The van der Waals surface area contributed by atoms with Crippen LogP contribution in [0.1, 0.15) is 34.1 Å². The molecular formula is C9H13N3OS. The summed E-state index contributed by atoms with van der Waals surface area (Å²) >= 11 is 1.35. The third-order valence-electron chi connectivity index (χ3n) is 2.54. The molecule has 1 amide bonds. The van der Waals surface area contributed by atoms with Crippen LogP contribution in [-0.4, -0.2) is 24.0 Å². The van der Waals surface area contributed by atoms with E-state index in [9.17, 15) is 4.79 Å². The van der Waals surface area contributed by atoms with Crippen molar-refractivity contribution >= 4 is 17.2 Å². The monoisotopic (exact) mass is 211 g/mol. The van der Waals surface area contributed by atoms with Crippen LogP contribution in [0.5, 0.6) is 0 Å². The zero-order chi connectivity index (χ0) is 9.97. The molecule has 2 rings (SSSR count). The van der Waals surface area contributed by atoms with Gasteiger partial charge in [0.2, 0.25) is 0 Å². The van der Waals surface area contributed by atoms with Crippen LogP contribution in [0.2, 0.25) is 0 Å². The maximum Gasteiger partial charge on any atom is 0.260 e. The van der Waals surface area contributed by atoms with E-state index >= 15 is 0 Å². The number of thiazole rings is 1. The smallest absolute Gasteiger partial charge is 0.260 e. The minimum Gasteiger partial charge on any atom is -0.365 e. The molecule has 1 aliphatic rings. The second-order valence-electron chi connectivity index (χ2n) is 3.46. The van der Waals surface area contributed by atoms with Gasteiger partial charge in [0.15, 0.2) is 0 Å². The van der Waals surface area contributed by atoms with Crippen LogP contribution in [-0.2, 0) is 0 Å². The molecule has 14 heavy (non-hydrogen) atoms. The lowest BCUT2D eigenvalue weighted by Crippen LogP contribution is -2.27. The van der Waals surface area contributed by atoms with Crippen LogP contribution in [0.4, 0.5) is 0 Å². The summed E-state index contributed by atoms with van der Waals surface area (Å²) in [5.74, 6) is 0.0611. The third-order valence-corrected chi connectivity index (χ3v) is 3.40. The van der Waals surface area contributed by atoms with E-state index in [0.717, 1.165) is 31.6 Å². The number of primary amides is 1. The van der Waals surface area contributed by atoms with E-state index < -0.39 is 0 Å². The van der Waals surface area contributed by atoms with Gasteiger partial charge in [0.1, 0.15) is 4.88 Å². The van der Waals surface area contributed by atoms with Crippen LogP contribution in [0, 0.1) is 0 Å². The van der Waals surface area contributed by atoms with Crippen molar-refractivity contribution < 1.29 is 4.79 Å². The van der Waals surface area contributed by atoms with Crippen molar-refractivity contribution in [2.75, 3.05) is 13.1 Å². The number of aromatic nitrogens is 1. The Morgan fingerprint density at radius 3 is 2.93 bits per heavy atom. The number of nitrogens with two attached hydrogens (primary N) is 1. The molecule has 5 heteroatoms. The van der Waals surface area contributed by atoms with Crippen LogP contribution in [0.25, 0.3) is 0 Å². The molecule has 2 heterocycles. The topological polar surface area (TPSA) is 68.0 Å². The molecular weight excluding hydrogens is 198 g/mol. The summed E-state index contributed by atoms with van der Waals surface area (Å²) in [6, 6.07) is 0. The molecule has 1 aromatic heterocycles. The maximum atomic E-state index is 11.1. The third kappa shape index (κ3) is 1.78. The molecule has 0 bridgehead atoms. The SMILES string of the molecule is NC(=O)c1scnc1C1CCNCC1. The molecule has 1 fully saturated rings. The number of carbonyl (C=O) groups is 1. The molecule has 76 valence electrons. The summed E-state index contributed by atoms with van der Waals surface area (Å²) in [5, 5.41) is 3.28. The van der Waals surface area contributed by atoms with Gasteiger partial charge in [-0.3, -0.25) is 4.79 Å². The first-order valence-electron chi connectivity index (χ1n) is 4.73. The summed E-state index contributed by atoms with van der Waals surface area (Å²) in [7, 11) is 0. The quantitative estimate of drug-likeness (QED) is 0.757. The number of amides is 1. The molecule has 0 unspecified atom stereocenters. The Balaban J connectivity index is 2.21. The Morgan fingerprint density at radius 2 is 2.29 bits per heavy atom. The van der Waals surface area contributed by atoms with Crippen molar-refractivity contribution in [2.45, 2.75) is 18.8 Å². The van der Waals surface area contributed by atoms with E-state index in [-0.39, 0.29) is 5.91 Å². The summed E-state index contributed by atoms with van der Waals surface area (Å²) in [5.41, 5.74) is 7.89. The summed E-state index contributed by atoms with van der Waals surface area (Å²) in [6.45, 7) is 2.00. The first-order valence-corrected chi connectivity index (χ1v) is 5.61. The van der Waals surface area contributed by atoms with Gasteiger partial charge in [-0.15, -0.1) is 11.3 Å². The van der Waals surface area contributed by atoms with Crippen molar-refractivity contribution in [1.82, 2.24) is 10.3 Å². The van der Waals surface area contributed by atoms with Crippen LogP contribution >= 0.6 is 11.3 Å². The molecule has 1 saturated heterocycles. The van der Waals surface area contributed by atoms with Crippen molar-refractivity contribution in [3.05, 3.63) is 16.1 Å². The fourth-order valence-electron chi connectivity index (χ4n) is 1.83. The van der Waals surface area contributed by atoms with Gasteiger partial charge < -0.3 is 11.1 Å². The number of carbonyl (C=O) groups excluding carboxylic acids is 1. The number of nitrogens with zero attached hydrogens (tertiary/aromatic N) is 1. The second-order valence-corrected chi connectivity index (χ2v) is 4.31. The lowest BCUT2D eigenvalue weighted by atomic mass is 9.94. The Kier molecular flexibility index (Phi) is 2.79. The number of nitrogens with one attached hydrogen (secondary N) is 1. The fraction of sp³-hybridized carbons (Fsp3) is 0.556. The number of hydrogen-bond acceptors (Lipinski definition) is 4. The highest BCUT2D eigenvalue weighted by Gasteiger charge is 2.22. The molecule has 0 saturated carbocycles. The van der Waals surface area contributed by atoms with Crippen LogP contribution in [0.3, 0.4) is 0 Å². The van der Waals surface area contributed by atoms with E-state index in [1.165, 1.54) is 11.3 Å². The molecule has 1 aromatic rings. The summed E-state index contributed by atoms with van der Waals surface area (Å²) < 4.78 is 0. The van der Waals surface area contributed by atoms with E-state index in [0.29, 0.717) is 10.8 Å². The lowest BCUT2D eigenvalue weighted by Gasteiger charge is -2.21. The van der Waals surface area contributed by atoms with Gasteiger partial charge in [-0.2, -0.15) is 0 Å². The molecule has 0 aliphatic carbocycles. The zero-order valence-corrected chi connectivity index (χ0v) is 8.64. The number of piperidine rings is 1. The van der Waals surface area contributed by atoms with Gasteiger partial charge in [0.25, 0.3) is 5.91 Å². The molecule has 4 nitrogen and oxygen atoms in total. The van der Waals surface area contributed by atoms with Crippen molar-refractivity contribution in [3.63, 3.8) is 0 Å². The lowest BCUT2D eigenvalue weighted by molar-refractivity contribution is 0.100. The highest BCUT2D eigenvalue weighted by molar-refractivity contribution is 7.11. The highest BCUT2D eigenvalue weighted by Crippen LogP contribution is 2.28. The predicted octanol–water partition coefficient (Wildman–Crippen LogP) is 0.709. The molecule has 0 spiro atoms. The zero-order valence-electron chi connectivity index (χ0n) is 7.82. The normalized spacial score (nSPS) is 18.3. The summed E-state index contributed by atoms with van der Waals surface area (Å²) in [4.78, 5) is 16.0. The van der Waals surface area contributed by atoms with Crippen molar-refractivity contribution in [2.24, 2.45) is 5.73 Å². The second kappa shape index (κ2) is 4.06. The van der Waals surface area contributed by atoms with Gasteiger partial charge in [0.05, 0.1) is 11.2 Å². The highest BCUT2D eigenvalue weighted by atomic mass is 32.1. The van der Waals surface area contributed by atoms with Gasteiger partial charge in [0, 0.05) is 5.92 Å². The maximum absolute atomic E-state index is 11.1. The molecule has 0 radical (unpaired) electrons. The first kappa shape index (κ1) is 9.61. The van der Waals surface area contributed by atoms with Crippen molar-refractivity contribution in [3.8, 4) is 0 Å². The van der Waals surface area contributed by atoms with Gasteiger partial charge >= 0.3 is 0 Å². The molecule has 0 atom stereocenters. The standard InChI is InChI=1S/C9H13N3OS/c10-9(13)8-7(12-5-14-8)6-1-3-11-4-2-6/h5-6,11H,1-4H2,(H2,10,13). The van der Waals surface area contributed by atoms with Gasteiger partial charge in [-0.25, -0.2) is 4.98 Å². The van der Waals surface area contributed by atoms with Gasteiger partial charge in [-0.1, -0.05) is 0 Å². The Hall–Kier alpha value is -0.940. The largest absolute Gasteiger partial charge is 0.365 e. The number of hydrogen-bond donors (Lipinski definition) is 2. The molecule has 3 N–H and O–H groups in total. The predicted molar refractivity (Wildman–Crippen MR) is 55.5 cm³/mol. The van der Waals surface area contributed by atoms with Crippen LogP contribution in [0.15, 0.2) is 5.51 Å². The summed E-state index contributed by atoms with van der Waals surface area (Å²) in [6.07, 6.45) is 2.09. The van der Waals surface area contributed by atoms with Gasteiger partial charge in [-0.05, 0) is 25.9 Å². The van der Waals surface area contributed by atoms with E-state index in [2.05, 4.69) is 10.3 Å². The van der Waals surface area contributed by atoms with Crippen molar-refractivity contribution in [1.29, 1.82) is 0 Å². The molecule has 0 aromatic carbocycles. The number of rotatable bonds is 2. The Labute approximate surface area is 86.5 Å². The average molecular weight is 211 g/mol. The Bertz CT molecular complexity index is 331.